The second-order valence-electron chi connectivity index (χ2n) is 5.58. The molecule has 0 unspecified atom stereocenters. The number of fused-ring (bicyclic) bond motifs is 2. The Labute approximate surface area is 140 Å². The highest BCUT2D eigenvalue weighted by Crippen LogP contribution is 2.29. The van der Waals surface area contributed by atoms with E-state index in [4.69, 9.17) is 11.5 Å². The van der Waals surface area contributed by atoms with Gasteiger partial charge in [0.15, 0.2) is 11.5 Å². The van der Waals surface area contributed by atoms with Gasteiger partial charge in [0.05, 0.1) is 12.2 Å². The molecular weight excluding hydrogens is 330 g/mol. The molecule has 0 saturated heterocycles. The maximum Gasteiger partial charge on any atom is 0.256 e. The summed E-state index contributed by atoms with van der Waals surface area (Å²) in [5.74, 6) is 0.755. The molecule has 10 heteroatoms. The van der Waals surface area contributed by atoms with Crippen LogP contribution in [0.25, 0.3) is 27.9 Å². The summed E-state index contributed by atoms with van der Waals surface area (Å²) in [5.41, 5.74) is 14.3. The number of nitrogen functional groups attached to an aromatic ring is 2. The Bertz CT molecular complexity index is 1100. The van der Waals surface area contributed by atoms with Crippen molar-refractivity contribution in [2.24, 2.45) is 0 Å². The minimum absolute atomic E-state index is 0.0567. The van der Waals surface area contributed by atoms with Crippen LogP contribution in [0.15, 0.2) is 24.4 Å². The second kappa shape index (κ2) is 5.36. The van der Waals surface area contributed by atoms with Crippen molar-refractivity contribution in [3.05, 3.63) is 30.2 Å². The Balaban J connectivity index is 1.93. The fourth-order valence-corrected chi connectivity index (χ4v) is 2.90. The molecule has 0 spiro atoms. The normalized spacial score (nSPS) is 11.8. The lowest BCUT2D eigenvalue weighted by atomic mass is 10.2. The van der Waals surface area contributed by atoms with E-state index in [0.717, 1.165) is 0 Å². The minimum Gasteiger partial charge on any atom is -0.382 e. The van der Waals surface area contributed by atoms with Gasteiger partial charge < -0.3 is 16.0 Å². The third-order valence-corrected chi connectivity index (χ3v) is 3.93. The molecule has 0 aliphatic carbocycles. The summed E-state index contributed by atoms with van der Waals surface area (Å²) < 4.78 is 28.6. The van der Waals surface area contributed by atoms with E-state index in [-0.39, 0.29) is 11.8 Å². The average molecular weight is 344 g/mol. The van der Waals surface area contributed by atoms with Gasteiger partial charge in [-0.3, -0.25) is 0 Å². The third kappa shape index (κ3) is 2.42. The van der Waals surface area contributed by atoms with Crippen LogP contribution in [0.5, 0.6) is 0 Å². The number of alkyl halides is 2. The van der Waals surface area contributed by atoms with Crippen LogP contribution < -0.4 is 11.5 Å². The predicted octanol–water partition coefficient (Wildman–Crippen LogP) is 1.88. The summed E-state index contributed by atoms with van der Waals surface area (Å²) in [5, 5.41) is 4.06. The van der Waals surface area contributed by atoms with E-state index in [1.54, 1.807) is 31.3 Å². The summed E-state index contributed by atoms with van der Waals surface area (Å²) in [7, 11) is 0. The third-order valence-electron chi connectivity index (χ3n) is 3.93. The number of aromatic nitrogens is 6. The number of rotatable bonds is 3. The number of nitrogens with two attached hydrogens (primary N) is 2. The highest BCUT2D eigenvalue weighted by Gasteiger charge is 2.17. The van der Waals surface area contributed by atoms with Crippen molar-refractivity contribution in [2.45, 2.75) is 19.9 Å². The first-order valence-corrected chi connectivity index (χ1v) is 7.47. The van der Waals surface area contributed by atoms with E-state index in [9.17, 15) is 8.78 Å². The molecule has 0 saturated carbocycles. The molecule has 4 N–H and O–H groups in total. The SMILES string of the molecule is Cc1nc2ccc(-c3ccn4nc(N)nc(N)c34)nc2n1CC(F)F. The molecule has 25 heavy (non-hydrogen) atoms. The Kier molecular flexibility index (Phi) is 3.27. The van der Waals surface area contributed by atoms with Gasteiger partial charge in [-0.25, -0.2) is 23.3 Å². The molecule has 0 aliphatic rings. The van der Waals surface area contributed by atoms with Crippen molar-refractivity contribution >= 4 is 28.4 Å². The quantitative estimate of drug-likeness (QED) is 0.587. The van der Waals surface area contributed by atoms with Gasteiger partial charge in [-0.2, -0.15) is 4.98 Å². The van der Waals surface area contributed by atoms with Crippen molar-refractivity contribution in [3.8, 4) is 11.3 Å². The van der Waals surface area contributed by atoms with Crippen LogP contribution in [-0.4, -0.2) is 35.6 Å². The molecular formula is C15H14F2N8. The molecule has 0 aromatic carbocycles. The number of hydrogen-bond acceptors (Lipinski definition) is 6. The molecule has 8 nitrogen and oxygen atoms in total. The van der Waals surface area contributed by atoms with E-state index in [1.165, 1.54) is 9.08 Å². The maximum atomic E-state index is 12.9. The number of nitrogens with zero attached hydrogens (tertiary/aromatic N) is 6. The number of imidazole rings is 1. The van der Waals surface area contributed by atoms with Gasteiger partial charge in [0.1, 0.15) is 16.9 Å². The first-order chi connectivity index (χ1) is 11.9. The topological polar surface area (TPSA) is 113 Å². The van der Waals surface area contributed by atoms with Crippen LogP contribution in [0.2, 0.25) is 0 Å². The van der Waals surface area contributed by atoms with Gasteiger partial charge in [0, 0.05) is 11.8 Å². The number of hydrogen-bond donors (Lipinski definition) is 2. The van der Waals surface area contributed by atoms with E-state index >= 15 is 0 Å². The summed E-state index contributed by atoms with van der Waals surface area (Å²) in [4.78, 5) is 12.8. The average Bonchev–Trinajstić information content (AvgIpc) is 3.08. The number of anilines is 2. The lowest BCUT2D eigenvalue weighted by Crippen LogP contribution is -2.09. The highest BCUT2D eigenvalue weighted by atomic mass is 19.3. The van der Waals surface area contributed by atoms with Gasteiger partial charge in [-0.15, -0.1) is 5.10 Å². The van der Waals surface area contributed by atoms with Crippen molar-refractivity contribution in [1.82, 2.24) is 29.1 Å². The largest absolute Gasteiger partial charge is 0.382 e. The number of pyridine rings is 1. The van der Waals surface area contributed by atoms with E-state index in [0.29, 0.717) is 33.8 Å². The van der Waals surface area contributed by atoms with E-state index in [2.05, 4.69) is 20.1 Å². The molecule has 4 aromatic heterocycles. The molecule has 0 radical (unpaired) electrons. The van der Waals surface area contributed by atoms with Crippen LogP contribution in [0.1, 0.15) is 5.82 Å². The van der Waals surface area contributed by atoms with Gasteiger partial charge in [0.2, 0.25) is 5.95 Å². The molecule has 0 atom stereocenters. The van der Waals surface area contributed by atoms with Crippen molar-refractivity contribution < 1.29 is 8.78 Å². The Morgan fingerprint density at radius 1 is 1.12 bits per heavy atom. The lowest BCUT2D eigenvalue weighted by molar-refractivity contribution is 0.127. The van der Waals surface area contributed by atoms with Crippen LogP contribution >= 0.6 is 0 Å². The number of aryl methyl sites for hydroxylation is 1. The van der Waals surface area contributed by atoms with Gasteiger partial charge in [-0.1, -0.05) is 0 Å². The number of halogens is 2. The Morgan fingerprint density at radius 2 is 1.92 bits per heavy atom. The van der Waals surface area contributed by atoms with E-state index in [1.807, 2.05) is 0 Å². The zero-order valence-corrected chi connectivity index (χ0v) is 13.2. The van der Waals surface area contributed by atoms with Crippen LogP contribution in [0.4, 0.5) is 20.5 Å². The molecule has 0 amide bonds. The molecule has 4 rings (SSSR count). The summed E-state index contributed by atoms with van der Waals surface area (Å²) >= 11 is 0. The molecule has 0 fully saturated rings. The highest BCUT2D eigenvalue weighted by molar-refractivity contribution is 5.88. The zero-order valence-electron chi connectivity index (χ0n) is 13.2. The summed E-state index contributed by atoms with van der Waals surface area (Å²) in [6, 6.07) is 5.27. The van der Waals surface area contributed by atoms with Crippen LogP contribution in [0.3, 0.4) is 0 Å². The van der Waals surface area contributed by atoms with Gasteiger partial charge in [0.25, 0.3) is 6.43 Å². The van der Waals surface area contributed by atoms with E-state index < -0.39 is 13.0 Å². The first kappa shape index (κ1) is 15.2. The molecule has 4 heterocycles. The predicted molar refractivity (Wildman–Crippen MR) is 89.1 cm³/mol. The van der Waals surface area contributed by atoms with Crippen molar-refractivity contribution in [1.29, 1.82) is 0 Å². The maximum absolute atomic E-state index is 12.9. The summed E-state index contributed by atoms with van der Waals surface area (Å²) in [6.45, 7) is 1.21. The summed E-state index contributed by atoms with van der Waals surface area (Å²) in [6.07, 6.45) is -0.809. The lowest BCUT2D eigenvalue weighted by Gasteiger charge is -2.06. The van der Waals surface area contributed by atoms with Crippen molar-refractivity contribution in [2.75, 3.05) is 11.5 Å². The van der Waals surface area contributed by atoms with Crippen molar-refractivity contribution in [3.63, 3.8) is 0 Å². The molecule has 0 bridgehead atoms. The van der Waals surface area contributed by atoms with Crippen LogP contribution in [-0.2, 0) is 6.54 Å². The standard InChI is InChI=1S/C15H14F2N8/c1-7-20-10-3-2-9(21-14(10)24(7)6-11(16)17)8-4-5-25-12(8)13(18)22-15(19)23-25/h2-5,11H,6H2,1H3,(H4,18,19,22,23). The second-order valence-corrected chi connectivity index (χ2v) is 5.58. The molecule has 0 aliphatic heterocycles. The first-order valence-electron chi connectivity index (χ1n) is 7.47. The smallest absolute Gasteiger partial charge is 0.256 e. The van der Waals surface area contributed by atoms with Gasteiger partial charge >= 0.3 is 0 Å². The van der Waals surface area contributed by atoms with Gasteiger partial charge in [-0.05, 0) is 25.1 Å². The Morgan fingerprint density at radius 3 is 2.68 bits per heavy atom. The minimum atomic E-state index is -2.50. The molecule has 4 aromatic rings. The molecule has 128 valence electrons. The zero-order chi connectivity index (χ0) is 17.7. The fraction of sp³-hybridized carbons (Fsp3) is 0.200. The van der Waals surface area contributed by atoms with Crippen LogP contribution in [0, 0.1) is 6.92 Å². The monoisotopic (exact) mass is 344 g/mol. The Hall–Kier alpha value is -3.30. The fourth-order valence-electron chi connectivity index (χ4n) is 2.90.